The van der Waals surface area contributed by atoms with Gasteiger partial charge in [0.15, 0.2) is 0 Å². The van der Waals surface area contributed by atoms with Gasteiger partial charge in [0.2, 0.25) is 5.91 Å². The van der Waals surface area contributed by atoms with Crippen LogP contribution in [0.25, 0.3) is 0 Å². The number of nitrogens with one attached hydrogen (secondary N) is 2. The SMILES string of the molecule is Nc1ccc(Cl)cc1NC1CCC(=O)NC1. The second-order valence-corrected chi connectivity index (χ2v) is 4.35. The van der Waals surface area contributed by atoms with Crippen LogP contribution in [0.2, 0.25) is 5.02 Å². The molecule has 1 fully saturated rings. The van der Waals surface area contributed by atoms with Crippen molar-refractivity contribution in [1.29, 1.82) is 0 Å². The van der Waals surface area contributed by atoms with E-state index in [0.717, 1.165) is 12.1 Å². The van der Waals surface area contributed by atoms with Crippen LogP contribution in [-0.2, 0) is 4.79 Å². The first-order valence-electron chi connectivity index (χ1n) is 5.23. The molecular formula is C11H14ClN3O. The van der Waals surface area contributed by atoms with E-state index in [1.807, 2.05) is 0 Å². The van der Waals surface area contributed by atoms with E-state index >= 15 is 0 Å². The lowest BCUT2D eigenvalue weighted by molar-refractivity contribution is -0.122. The molecule has 1 unspecified atom stereocenters. The first-order chi connectivity index (χ1) is 7.65. The van der Waals surface area contributed by atoms with E-state index in [-0.39, 0.29) is 11.9 Å². The zero-order valence-corrected chi connectivity index (χ0v) is 9.55. The van der Waals surface area contributed by atoms with Gasteiger partial charge in [0.1, 0.15) is 0 Å². The summed E-state index contributed by atoms with van der Waals surface area (Å²) < 4.78 is 0. The number of nitrogens with two attached hydrogens (primary N) is 1. The van der Waals surface area contributed by atoms with Crippen LogP contribution in [0.4, 0.5) is 11.4 Å². The van der Waals surface area contributed by atoms with E-state index in [0.29, 0.717) is 23.7 Å². The summed E-state index contributed by atoms with van der Waals surface area (Å²) in [5.74, 6) is 0.108. The van der Waals surface area contributed by atoms with E-state index in [1.54, 1.807) is 18.2 Å². The monoisotopic (exact) mass is 239 g/mol. The Balaban J connectivity index is 2.03. The number of hydrogen-bond acceptors (Lipinski definition) is 3. The molecule has 0 bridgehead atoms. The van der Waals surface area contributed by atoms with Crippen molar-refractivity contribution in [2.75, 3.05) is 17.6 Å². The van der Waals surface area contributed by atoms with Crippen LogP contribution in [0.5, 0.6) is 0 Å². The average molecular weight is 240 g/mol. The molecule has 0 aromatic heterocycles. The highest BCUT2D eigenvalue weighted by atomic mass is 35.5. The van der Waals surface area contributed by atoms with Gasteiger partial charge in [0.05, 0.1) is 11.4 Å². The third kappa shape index (κ3) is 2.58. The van der Waals surface area contributed by atoms with Gasteiger partial charge in [-0.1, -0.05) is 11.6 Å². The van der Waals surface area contributed by atoms with Crippen LogP contribution < -0.4 is 16.4 Å². The second-order valence-electron chi connectivity index (χ2n) is 3.92. The van der Waals surface area contributed by atoms with Gasteiger partial charge in [-0.05, 0) is 24.6 Å². The predicted octanol–water partition coefficient (Wildman–Crippen LogP) is 1.61. The minimum atomic E-state index is 0.108. The fraction of sp³-hybridized carbons (Fsp3) is 0.364. The van der Waals surface area contributed by atoms with Crippen molar-refractivity contribution in [2.45, 2.75) is 18.9 Å². The summed E-state index contributed by atoms with van der Waals surface area (Å²) in [4.78, 5) is 11.0. The van der Waals surface area contributed by atoms with Gasteiger partial charge < -0.3 is 16.4 Å². The number of nitrogen functional groups attached to an aromatic ring is 1. The molecular weight excluding hydrogens is 226 g/mol. The van der Waals surface area contributed by atoms with Crippen molar-refractivity contribution in [3.8, 4) is 0 Å². The Hall–Kier alpha value is -1.42. The third-order valence-electron chi connectivity index (χ3n) is 2.64. The van der Waals surface area contributed by atoms with Gasteiger partial charge >= 0.3 is 0 Å². The average Bonchev–Trinajstić information content (AvgIpc) is 2.27. The van der Waals surface area contributed by atoms with E-state index < -0.39 is 0 Å². The Morgan fingerprint density at radius 1 is 1.50 bits per heavy atom. The van der Waals surface area contributed by atoms with Crippen LogP contribution >= 0.6 is 11.6 Å². The van der Waals surface area contributed by atoms with E-state index in [4.69, 9.17) is 17.3 Å². The topological polar surface area (TPSA) is 67.1 Å². The first-order valence-corrected chi connectivity index (χ1v) is 5.61. The minimum absolute atomic E-state index is 0.108. The maximum absolute atomic E-state index is 11.0. The van der Waals surface area contributed by atoms with E-state index in [9.17, 15) is 4.79 Å². The first kappa shape index (κ1) is 11.1. The number of hydrogen-bond donors (Lipinski definition) is 3. The minimum Gasteiger partial charge on any atom is -0.397 e. The molecule has 0 spiro atoms. The highest BCUT2D eigenvalue weighted by molar-refractivity contribution is 6.31. The summed E-state index contributed by atoms with van der Waals surface area (Å²) in [6.07, 6.45) is 1.37. The molecule has 1 amide bonds. The summed E-state index contributed by atoms with van der Waals surface area (Å²) in [6.45, 7) is 0.630. The molecule has 1 heterocycles. The zero-order valence-electron chi connectivity index (χ0n) is 8.79. The van der Waals surface area contributed by atoms with E-state index in [1.165, 1.54) is 0 Å². The van der Waals surface area contributed by atoms with Crippen molar-refractivity contribution in [1.82, 2.24) is 5.32 Å². The molecule has 1 atom stereocenters. The fourth-order valence-corrected chi connectivity index (χ4v) is 1.90. The van der Waals surface area contributed by atoms with Crippen molar-refractivity contribution < 1.29 is 4.79 Å². The lowest BCUT2D eigenvalue weighted by atomic mass is 10.1. The van der Waals surface area contributed by atoms with Crippen molar-refractivity contribution in [3.63, 3.8) is 0 Å². The van der Waals surface area contributed by atoms with Crippen LogP contribution in [0.3, 0.4) is 0 Å². The van der Waals surface area contributed by atoms with Crippen molar-refractivity contribution in [2.24, 2.45) is 0 Å². The van der Waals surface area contributed by atoms with Crippen LogP contribution in [-0.4, -0.2) is 18.5 Å². The van der Waals surface area contributed by atoms with Crippen LogP contribution in [0, 0.1) is 0 Å². The van der Waals surface area contributed by atoms with Gasteiger partial charge in [-0.15, -0.1) is 0 Å². The van der Waals surface area contributed by atoms with Gasteiger partial charge in [-0.2, -0.15) is 0 Å². The van der Waals surface area contributed by atoms with Gasteiger partial charge in [0.25, 0.3) is 0 Å². The summed E-state index contributed by atoms with van der Waals surface area (Å²) in [7, 11) is 0. The molecule has 86 valence electrons. The molecule has 5 heteroatoms. The molecule has 2 rings (SSSR count). The van der Waals surface area contributed by atoms with Crippen LogP contribution in [0.1, 0.15) is 12.8 Å². The number of anilines is 2. The highest BCUT2D eigenvalue weighted by Gasteiger charge is 2.18. The summed E-state index contributed by atoms with van der Waals surface area (Å²) in [5, 5.41) is 6.75. The Kier molecular flexibility index (Phi) is 3.19. The Bertz CT molecular complexity index is 398. The molecule has 0 aliphatic carbocycles. The van der Waals surface area contributed by atoms with Gasteiger partial charge in [-0.25, -0.2) is 0 Å². The smallest absolute Gasteiger partial charge is 0.220 e. The lowest BCUT2D eigenvalue weighted by Gasteiger charge is -2.25. The molecule has 4 nitrogen and oxygen atoms in total. The number of piperidine rings is 1. The second kappa shape index (κ2) is 4.61. The molecule has 16 heavy (non-hydrogen) atoms. The fourth-order valence-electron chi connectivity index (χ4n) is 1.73. The predicted molar refractivity (Wildman–Crippen MR) is 65.5 cm³/mol. The number of carbonyl (C=O) groups excluding carboxylic acids is 1. The third-order valence-corrected chi connectivity index (χ3v) is 2.88. The molecule has 1 aromatic rings. The molecule has 0 radical (unpaired) electrons. The number of halogens is 1. The normalized spacial score (nSPS) is 20.3. The maximum Gasteiger partial charge on any atom is 0.220 e. The number of rotatable bonds is 2. The zero-order chi connectivity index (χ0) is 11.5. The van der Waals surface area contributed by atoms with Crippen molar-refractivity contribution in [3.05, 3.63) is 23.2 Å². The largest absolute Gasteiger partial charge is 0.397 e. The van der Waals surface area contributed by atoms with Crippen LogP contribution in [0.15, 0.2) is 18.2 Å². The van der Waals surface area contributed by atoms with Crippen molar-refractivity contribution >= 4 is 28.9 Å². The lowest BCUT2D eigenvalue weighted by Crippen LogP contribution is -2.41. The maximum atomic E-state index is 11.0. The Labute approximate surface area is 99.2 Å². The summed E-state index contributed by atoms with van der Waals surface area (Å²) >= 11 is 5.89. The quantitative estimate of drug-likeness (QED) is 0.687. The molecule has 1 aliphatic heterocycles. The van der Waals surface area contributed by atoms with E-state index in [2.05, 4.69) is 10.6 Å². The molecule has 0 saturated carbocycles. The number of carbonyl (C=O) groups is 1. The highest BCUT2D eigenvalue weighted by Crippen LogP contribution is 2.24. The number of amides is 1. The van der Waals surface area contributed by atoms with Gasteiger partial charge in [0, 0.05) is 24.0 Å². The number of benzene rings is 1. The molecule has 1 saturated heterocycles. The molecule has 1 aromatic carbocycles. The molecule has 1 aliphatic rings. The summed E-state index contributed by atoms with van der Waals surface area (Å²) in [6, 6.07) is 5.54. The Morgan fingerprint density at radius 2 is 2.31 bits per heavy atom. The standard InChI is InChI=1S/C11H14ClN3O/c12-7-1-3-9(13)10(5-7)15-8-2-4-11(16)14-6-8/h1,3,5,8,15H,2,4,6,13H2,(H,14,16). The van der Waals surface area contributed by atoms with Gasteiger partial charge in [-0.3, -0.25) is 4.79 Å². The molecule has 4 N–H and O–H groups in total. The Morgan fingerprint density at radius 3 is 3.00 bits per heavy atom. The summed E-state index contributed by atoms with van der Waals surface area (Å²) in [5.41, 5.74) is 7.32.